The average molecular weight is 349 g/mol. The number of hydrogen-bond acceptors (Lipinski definition) is 4. The highest BCUT2D eigenvalue weighted by molar-refractivity contribution is 5.93. The minimum Gasteiger partial charge on any atom is -0.324 e. The third kappa shape index (κ3) is 4.75. The van der Waals surface area contributed by atoms with Crippen LogP contribution in [-0.2, 0) is 17.6 Å². The Kier molecular flexibility index (Phi) is 6.09. The number of benzene rings is 2. The molecule has 0 saturated heterocycles. The third-order valence-corrected chi connectivity index (χ3v) is 4.30. The molecule has 26 heavy (non-hydrogen) atoms. The molecule has 2 aromatic carbocycles. The van der Waals surface area contributed by atoms with Gasteiger partial charge in [0.15, 0.2) is 0 Å². The highest BCUT2D eigenvalue weighted by Gasteiger charge is 2.22. The van der Waals surface area contributed by atoms with E-state index in [2.05, 4.69) is 39.9 Å². The van der Waals surface area contributed by atoms with E-state index < -0.39 is 6.04 Å². The Labute approximate surface area is 153 Å². The van der Waals surface area contributed by atoms with E-state index in [1.807, 2.05) is 42.5 Å². The van der Waals surface area contributed by atoms with Gasteiger partial charge in [-0.2, -0.15) is 0 Å². The molecule has 0 bridgehead atoms. The average Bonchev–Trinajstić information content (AvgIpc) is 3.21. The van der Waals surface area contributed by atoms with Crippen molar-refractivity contribution in [1.29, 1.82) is 0 Å². The SMILES string of the molecule is CCCCc1ccc(NC(=O)C(Cc2ccccc2)n2cnnn2)cc1. The maximum Gasteiger partial charge on any atom is 0.249 e. The second kappa shape index (κ2) is 8.89. The van der Waals surface area contributed by atoms with Crippen molar-refractivity contribution in [2.45, 2.75) is 38.6 Å². The molecule has 6 heteroatoms. The van der Waals surface area contributed by atoms with Crippen molar-refractivity contribution in [2.24, 2.45) is 0 Å². The fraction of sp³-hybridized carbons (Fsp3) is 0.300. The van der Waals surface area contributed by atoms with Crippen LogP contribution in [0.25, 0.3) is 0 Å². The first kappa shape index (κ1) is 17.8. The van der Waals surface area contributed by atoms with E-state index in [9.17, 15) is 4.79 Å². The monoisotopic (exact) mass is 349 g/mol. The second-order valence-corrected chi connectivity index (χ2v) is 6.29. The topological polar surface area (TPSA) is 72.7 Å². The molecule has 134 valence electrons. The van der Waals surface area contributed by atoms with Gasteiger partial charge in [-0.25, -0.2) is 4.68 Å². The summed E-state index contributed by atoms with van der Waals surface area (Å²) in [5.74, 6) is -0.137. The summed E-state index contributed by atoms with van der Waals surface area (Å²) in [4.78, 5) is 12.8. The number of carbonyl (C=O) groups excluding carboxylic acids is 1. The van der Waals surface area contributed by atoms with Crippen molar-refractivity contribution in [3.8, 4) is 0 Å². The first-order chi connectivity index (χ1) is 12.8. The summed E-state index contributed by atoms with van der Waals surface area (Å²) in [6.07, 6.45) is 5.40. The van der Waals surface area contributed by atoms with Gasteiger partial charge < -0.3 is 5.32 Å². The summed E-state index contributed by atoms with van der Waals surface area (Å²) in [6.45, 7) is 2.18. The Morgan fingerprint density at radius 3 is 2.50 bits per heavy atom. The standard InChI is InChI=1S/C20H23N5O/c1-2-3-7-16-10-12-18(13-11-16)22-20(26)19(25-15-21-23-24-25)14-17-8-5-4-6-9-17/h4-6,8-13,15,19H,2-3,7,14H2,1H3,(H,22,26). The second-order valence-electron chi connectivity index (χ2n) is 6.29. The molecular weight excluding hydrogens is 326 g/mol. The predicted molar refractivity (Wildman–Crippen MR) is 101 cm³/mol. The summed E-state index contributed by atoms with van der Waals surface area (Å²) in [5.41, 5.74) is 3.12. The maximum atomic E-state index is 12.8. The van der Waals surface area contributed by atoms with Gasteiger partial charge in [-0.05, 0) is 46.5 Å². The van der Waals surface area contributed by atoms with Crippen LogP contribution < -0.4 is 5.32 Å². The number of amides is 1. The van der Waals surface area contributed by atoms with Crippen LogP contribution in [0.15, 0.2) is 60.9 Å². The lowest BCUT2D eigenvalue weighted by Crippen LogP contribution is -2.28. The number of anilines is 1. The first-order valence-corrected chi connectivity index (χ1v) is 8.92. The third-order valence-electron chi connectivity index (χ3n) is 4.30. The van der Waals surface area contributed by atoms with Crippen LogP contribution in [0.5, 0.6) is 0 Å². The van der Waals surface area contributed by atoms with Gasteiger partial charge in [-0.3, -0.25) is 4.79 Å². The highest BCUT2D eigenvalue weighted by Crippen LogP contribution is 2.17. The van der Waals surface area contributed by atoms with E-state index in [-0.39, 0.29) is 5.91 Å². The molecule has 6 nitrogen and oxygen atoms in total. The Hall–Kier alpha value is -3.02. The smallest absolute Gasteiger partial charge is 0.249 e. The number of aryl methyl sites for hydroxylation is 1. The molecule has 0 saturated carbocycles. The van der Waals surface area contributed by atoms with Gasteiger partial charge in [0, 0.05) is 12.1 Å². The lowest BCUT2D eigenvalue weighted by molar-refractivity contribution is -0.119. The van der Waals surface area contributed by atoms with Gasteiger partial charge >= 0.3 is 0 Å². The molecule has 1 amide bonds. The molecule has 1 unspecified atom stereocenters. The fourth-order valence-corrected chi connectivity index (χ4v) is 2.82. The Morgan fingerprint density at radius 2 is 1.85 bits per heavy atom. The Bertz CT molecular complexity index is 800. The van der Waals surface area contributed by atoms with E-state index in [4.69, 9.17) is 0 Å². The van der Waals surface area contributed by atoms with E-state index in [0.717, 1.165) is 17.7 Å². The number of unbranched alkanes of at least 4 members (excludes halogenated alkanes) is 1. The molecular formula is C20H23N5O. The lowest BCUT2D eigenvalue weighted by Gasteiger charge is -2.16. The number of nitrogens with zero attached hydrogens (tertiary/aromatic N) is 4. The zero-order chi connectivity index (χ0) is 18.2. The van der Waals surface area contributed by atoms with E-state index in [1.165, 1.54) is 29.4 Å². The van der Waals surface area contributed by atoms with Crippen molar-refractivity contribution in [3.05, 3.63) is 72.1 Å². The molecule has 0 radical (unpaired) electrons. The highest BCUT2D eigenvalue weighted by atomic mass is 16.2. The number of tetrazole rings is 1. The van der Waals surface area contributed by atoms with E-state index in [1.54, 1.807) is 0 Å². The molecule has 1 N–H and O–H groups in total. The number of aromatic nitrogens is 4. The number of rotatable bonds is 8. The zero-order valence-electron chi connectivity index (χ0n) is 14.9. The molecule has 0 aliphatic carbocycles. The largest absolute Gasteiger partial charge is 0.324 e. The van der Waals surface area contributed by atoms with Crippen molar-refractivity contribution < 1.29 is 4.79 Å². The molecule has 1 atom stereocenters. The number of carbonyl (C=O) groups is 1. The van der Waals surface area contributed by atoms with Crippen LogP contribution in [0, 0.1) is 0 Å². The van der Waals surface area contributed by atoms with Crippen molar-refractivity contribution >= 4 is 11.6 Å². The summed E-state index contributed by atoms with van der Waals surface area (Å²) >= 11 is 0. The van der Waals surface area contributed by atoms with Gasteiger partial charge in [0.2, 0.25) is 5.91 Å². The lowest BCUT2D eigenvalue weighted by atomic mass is 10.0. The minimum absolute atomic E-state index is 0.137. The quantitative estimate of drug-likeness (QED) is 0.676. The van der Waals surface area contributed by atoms with Crippen molar-refractivity contribution in [1.82, 2.24) is 20.2 Å². The number of nitrogens with one attached hydrogen (secondary N) is 1. The normalized spacial score (nSPS) is 11.9. The van der Waals surface area contributed by atoms with Crippen LogP contribution in [0.2, 0.25) is 0 Å². The van der Waals surface area contributed by atoms with Crippen molar-refractivity contribution in [2.75, 3.05) is 5.32 Å². The van der Waals surface area contributed by atoms with E-state index in [0.29, 0.717) is 6.42 Å². The van der Waals surface area contributed by atoms with E-state index >= 15 is 0 Å². The van der Waals surface area contributed by atoms with Gasteiger partial charge in [-0.15, -0.1) is 5.10 Å². The van der Waals surface area contributed by atoms with Crippen LogP contribution in [0.1, 0.15) is 36.9 Å². The van der Waals surface area contributed by atoms with Crippen LogP contribution in [0.4, 0.5) is 5.69 Å². The van der Waals surface area contributed by atoms with Crippen LogP contribution in [0.3, 0.4) is 0 Å². The van der Waals surface area contributed by atoms with Gasteiger partial charge in [0.25, 0.3) is 0 Å². The van der Waals surface area contributed by atoms with Crippen LogP contribution >= 0.6 is 0 Å². The summed E-state index contributed by atoms with van der Waals surface area (Å²) < 4.78 is 1.50. The molecule has 1 aromatic heterocycles. The summed E-state index contributed by atoms with van der Waals surface area (Å²) in [7, 11) is 0. The summed E-state index contributed by atoms with van der Waals surface area (Å²) in [5, 5.41) is 14.2. The Balaban J connectivity index is 1.71. The molecule has 0 aliphatic rings. The molecule has 0 aliphatic heterocycles. The van der Waals surface area contributed by atoms with Gasteiger partial charge in [-0.1, -0.05) is 55.8 Å². The van der Waals surface area contributed by atoms with Gasteiger partial charge in [0.1, 0.15) is 12.4 Å². The minimum atomic E-state index is -0.507. The zero-order valence-corrected chi connectivity index (χ0v) is 14.9. The molecule has 0 spiro atoms. The summed E-state index contributed by atoms with van der Waals surface area (Å²) in [6, 6.07) is 17.4. The first-order valence-electron chi connectivity index (χ1n) is 8.92. The molecule has 3 aromatic rings. The molecule has 0 fully saturated rings. The maximum absolute atomic E-state index is 12.8. The number of hydrogen-bond donors (Lipinski definition) is 1. The molecule has 3 rings (SSSR count). The van der Waals surface area contributed by atoms with Gasteiger partial charge in [0.05, 0.1) is 0 Å². The fourth-order valence-electron chi connectivity index (χ4n) is 2.82. The van der Waals surface area contributed by atoms with Crippen molar-refractivity contribution in [3.63, 3.8) is 0 Å². The predicted octanol–water partition coefficient (Wildman–Crippen LogP) is 3.44. The Morgan fingerprint density at radius 1 is 1.08 bits per heavy atom. The molecule has 1 heterocycles. The van der Waals surface area contributed by atoms with Crippen LogP contribution in [-0.4, -0.2) is 26.1 Å².